The van der Waals surface area contributed by atoms with Crippen LogP contribution in [0.4, 0.5) is 4.39 Å². The highest BCUT2D eigenvalue weighted by molar-refractivity contribution is 5.95. The summed E-state index contributed by atoms with van der Waals surface area (Å²) in [5.74, 6) is -0.333. The van der Waals surface area contributed by atoms with E-state index in [2.05, 4.69) is 29.3 Å². The zero-order valence-electron chi connectivity index (χ0n) is 17.2. The Kier molecular flexibility index (Phi) is 6.30. The first-order chi connectivity index (χ1) is 13.7. The first-order valence-corrected chi connectivity index (χ1v) is 9.95. The number of halogens is 1. The van der Waals surface area contributed by atoms with Crippen molar-refractivity contribution in [3.05, 3.63) is 36.0 Å². The lowest BCUT2D eigenvalue weighted by molar-refractivity contribution is -0.130. The van der Waals surface area contributed by atoms with Crippen molar-refractivity contribution in [3.8, 4) is 11.4 Å². The maximum absolute atomic E-state index is 13.2. The van der Waals surface area contributed by atoms with E-state index >= 15 is 0 Å². The first kappa shape index (κ1) is 21.0. The van der Waals surface area contributed by atoms with Gasteiger partial charge in [0.2, 0.25) is 11.7 Å². The van der Waals surface area contributed by atoms with Crippen LogP contribution in [0.2, 0.25) is 0 Å². The number of aromatic nitrogens is 2. The topological polar surface area (TPSA) is 88.3 Å². The highest BCUT2D eigenvalue weighted by atomic mass is 19.1. The quantitative estimate of drug-likeness (QED) is 0.801. The number of hydrogen-bond acceptors (Lipinski definition) is 5. The van der Waals surface area contributed by atoms with Gasteiger partial charge in [-0.3, -0.25) is 9.59 Å². The van der Waals surface area contributed by atoms with Crippen LogP contribution in [-0.2, 0) is 4.79 Å². The molecule has 0 saturated carbocycles. The summed E-state index contributed by atoms with van der Waals surface area (Å²) in [5, 5.41) is 6.89. The van der Waals surface area contributed by atoms with Crippen LogP contribution in [0.25, 0.3) is 11.4 Å². The highest BCUT2D eigenvalue weighted by Crippen LogP contribution is 2.23. The van der Waals surface area contributed by atoms with Gasteiger partial charge in [0.25, 0.3) is 0 Å². The molecule has 2 aromatic rings. The van der Waals surface area contributed by atoms with Crippen LogP contribution < -0.4 is 5.32 Å². The normalized spacial score (nSPS) is 19.7. The molecule has 3 rings (SSSR count). The molecular formula is C21H27FN4O3. The molecule has 1 fully saturated rings. The standard InChI is InChI=1S/C21H27FN4O3/c1-12(2)9-16-11-26(17(10-13(3)4)19(27)23-16)21(28)20-24-18(25-29-20)14-5-7-15(22)8-6-14/h5-8,12-13,16-17H,9-11H2,1-4H3,(H,23,27)/t16-,17-/m0/s1. The molecule has 29 heavy (non-hydrogen) atoms. The van der Waals surface area contributed by atoms with Crippen LogP contribution in [-0.4, -0.2) is 45.5 Å². The molecule has 2 atom stereocenters. The summed E-state index contributed by atoms with van der Waals surface area (Å²) in [6.07, 6.45) is 1.32. The fourth-order valence-corrected chi connectivity index (χ4v) is 3.61. The molecule has 7 nitrogen and oxygen atoms in total. The number of rotatable bonds is 6. The Bertz CT molecular complexity index is 863. The first-order valence-electron chi connectivity index (χ1n) is 9.95. The number of amides is 2. The van der Waals surface area contributed by atoms with E-state index < -0.39 is 11.9 Å². The van der Waals surface area contributed by atoms with Gasteiger partial charge in [0.15, 0.2) is 0 Å². The predicted molar refractivity (Wildman–Crippen MR) is 105 cm³/mol. The monoisotopic (exact) mass is 402 g/mol. The molecule has 0 radical (unpaired) electrons. The van der Waals surface area contributed by atoms with Crippen LogP contribution in [0.1, 0.15) is 51.2 Å². The van der Waals surface area contributed by atoms with E-state index in [0.717, 1.165) is 6.42 Å². The lowest BCUT2D eigenvalue weighted by Gasteiger charge is -2.40. The summed E-state index contributed by atoms with van der Waals surface area (Å²) in [4.78, 5) is 31.6. The van der Waals surface area contributed by atoms with Gasteiger partial charge >= 0.3 is 11.8 Å². The van der Waals surface area contributed by atoms with Crippen molar-refractivity contribution < 1.29 is 18.5 Å². The Balaban J connectivity index is 1.85. The zero-order chi connectivity index (χ0) is 21.1. The van der Waals surface area contributed by atoms with Gasteiger partial charge in [-0.2, -0.15) is 4.98 Å². The highest BCUT2D eigenvalue weighted by Gasteiger charge is 2.39. The molecule has 0 bridgehead atoms. The van der Waals surface area contributed by atoms with Gasteiger partial charge in [-0.1, -0.05) is 32.9 Å². The minimum Gasteiger partial charge on any atom is -0.350 e. The summed E-state index contributed by atoms with van der Waals surface area (Å²) in [7, 11) is 0. The summed E-state index contributed by atoms with van der Waals surface area (Å²) < 4.78 is 18.3. The number of benzene rings is 1. The molecular weight excluding hydrogens is 375 g/mol. The van der Waals surface area contributed by atoms with Crippen molar-refractivity contribution in [2.75, 3.05) is 6.54 Å². The Morgan fingerprint density at radius 3 is 2.48 bits per heavy atom. The van der Waals surface area contributed by atoms with Crippen LogP contribution in [0.15, 0.2) is 28.8 Å². The number of hydrogen-bond donors (Lipinski definition) is 1. The van der Waals surface area contributed by atoms with Crippen LogP contribution in [0.5, 0.6) is 0 Å². The minimum absolute atomic E-state index is 0.116. The average molecular weight is 402 g/mol. The lowest BCUT2D eigenvalue weighted by Crippen LogP contribution is -2.62. The summed E-state index contributed by atoms with van der Waals surface area (Å²) >= 11 is 0. The molecule has 1 saturated heterocycles. The van der Waals surface area contributed by atoms with Crippen LogP contribution in [0, 0.1) is 17.7 Å². The summed E-state index contributed by atoms with van der Waals surface area (Å²) in [6, 6.07) is 4.92. The van der Waals surface area contributed by atoms with Crippen molar-refractivity contribution in [3.63, 3.8) is 0 Å². The fraction of sp³-hybridized carbons (Fsp3) is 0.524. The van der Waals surface area contributed by atoms with Gasteiger partial charge in [-0.05, 0) is 48.9 Å². The number of carbonyl (C=O) groups excluding carboxylic acids is 2. The Morgan fingerprint density at radius 1 is 1.21 bits per heavy atom. The zero-order valence-corrected chi connectivity index (χ0v) is 17.2. The van der Waals surface area contributed by atoms with Crippen LogP contribution in [0.3, 0.4) is 0 Å². The van der Waals surface area contributed by atoms with E-state index in [1.807, 2.05) is 13.8 Å². The molecule has 0 unspecified atom stereocenters. The van der Waals surface area contributed by atoms with Crippen LogP contribution >= 0.6 is 0 Å². The van der Waals surface area contributed by atoms with Gasteiger partial charge in [0.05, 0.1) is 0 Å². The Hall–Kier alpha value is -2.77. The fourth-order valence-electron chi connectivity index (χ4n) is 3.61. The molecule has 156 valence electrons. The van der Waals surface area contributed by atoms with Gasteiger partial charge in [0.1, 0.15) is 11.9 Å². The molecule has 1 aromatic carbocycles. The second-order valence-electron chi connectivity index (χ2n) is 8.37. The molecule has 0 spiro atoms. The van der Waals surface area contributed by atoms with Gasteiger partial charge < -0.3 is 14.7 Å². The number of piperazine rings is 1. The Labute approximate surface area is 169 Å². The van der Waals surface area contributed by atoms with E-state index in [1.54, 1.807) is 4.90 Å². The van der Waals surface area contributed by atoms with Crippen molar-refractivity contribution in [1.29, 1.82) is 0 Å². The van der Waals surface area contributed by atoms with Gasteiger partial charge in [-0.25, -0.2) is 4.39 Å². The number of nitrogens with one attached hydrogen (secondary N) is 1. The lowest BCUT2D eigenvalue weighted by atomic mass is 9.95. The minimum atomic E-state index is -0.577. The van der Waals surface area contributed by atoms with Crippen molar-refractivity contribution in [2.45, 2.75) is 52.6 Å². The van der Waals surface area contributed by atoms with Crippen molar-refractivity contribution >= 4 is 11.8 Å². The third-order valence-electron chi connectivity index (χ3n) is 4.87. The molecule has 1 aliphatic rings. The van der Waals surface area contributed by atoms with E-state index in [-0.39, 0.29) is 35.4 Å². The second kappa shape index (κ2) is 8.71. The van der Waals surface area contributed by atoms with E-state index in [0.29, 0.717) is 24.4 Å². The molecule has 1 aromatic heterocycles. The summed E-state index contributed by atoms with van der Waals surface area (Å²) in [6.45, 7) is 8.57. The predicted octanol–water partition coefficient (Wildman–Crippen LogP) is 3.28. The summed E-state index contributed by atoms with van der Waals surface area (Å²) in [5.41, 5.74) is 0.544. The van der Waals surface area contributed by atoms with Crippen molar-refractivity contribution in [1.82, 2.24) is 20.4 Å². The third kappa shape index (κ3) is 4.99. The number of carbonyl (C=O) groups is 2. The molecule has 0 aliphatic carbocycles. The number of nitrogens with zero attached hydrogens (tertiary/aromatic N) is 3. The third-order valence-corrected chi connectivity index (χ3v) is 4.87. The molecule has 2 amide bonds. The molecule has 8 heteroatoms. The van der Waals surface area contributed by atoms with E-state index in [4.69, 9.17) is 4.52 Å². The smallest absolute Gasteiger partial charge is 0.316 e. The SMILES string of the molecule is CC(C)C[C@H]1CN(C(=O)c2nc(-c3ccc(F)cc3)no2)[C@@H](CC(C)C)C(=O)N1. The maximum atomic E-state index is 13.2. The maximum Gasteiger partial charge on any atom is 0.316 e. The van der Waals surface area contributed by atoms with E-state index in [9.17, 15) is 14.0 Å². The van der Waals surface area contributed by atoms with E-state index in [1.165, 1.54) is 24.3 Å². The van der Waals surface area contributed by atoms with Crippen molar-refractivity contribution in [2.24, 2.45) is 11.8 Å². The van der Waals surface area contributed by atoms with Gasteiger partial charge in [-0.15, -0.1) is 0 Å². The largest absolute Gasteiger partial charge is 0.350 e. The molecule has 2 heterocycles. The Morgan fingerprint density at radius 2 is 1.86 bits per heavy atom. The second-order valence-corrected chi connectivity index (χ2v) is 8.37. The molecule has 1 aliphatic heterocycles. The molecule has 1 N–H and O–H groups in total. The average Bonchev–Trinajstić information content (AvgIpc) is 3.13. The van der Waals surface area contributed by atoms with Gasteiger partial charge in [0, 0.05) is 18.2 Å².